The van der Waals surface area contributed by atoms with Gasteiger partial charge in [0.05, 0.1) is 11.3 Å². The number of hydrogen-bond acceptors (Lipinski definition) is 4. The van der Waals surface area contributed by atoms with Gasteiger partial charge in [0.2, 0.25) is 0 Å². The molecule has 1 N–H and O–H groups in total. The number of carbonyl (C=O) groups is 3. The van der Waals surface area contributed by atoms with E-state index < -0.39 is 5.91 Å². The zero-order valence-corrected chi connectivity index (χ0v) is 20.6. The summed E-state index contributed by atoms with van der Waals surface area (Å²) in [6.45, 7) is 0. The highest BCUT2D eigenvalue weighted by Gasteiger charge is 2.35. The smallest absolute Gasteiger partial charge is 0.255 e. The van der Waals surface area contributed by atoms with Crippen LogP contribution in [0.25, 0.3) is 0 Å². The number of amides is 1. The van der Waals surface area contributed by atoms with Gasteiger partial charge in [0.25, 0.3) is 5.91 Å². The van der Waals surface area contributed by atoms with Gasteiger partial charge < -0.3 is 5.32 Å². The SMILES string of the molecule is O=C(Nc1ccc(Sc2ccccc2)c2c1C(=O)c1c(Br)cccc1C2=O)c1ccc(Cl)cc1. The predicted molar refractivity (Wildman–Crippen MR) is 137 cm³/mol. The topological polar surface area (TPSA) is 63.2 Å². The maximum atomic E-state index is 13.7. The third-order valence-corrected chi connectivity index (χ3v) is 7.41. The monoisotopic (exact) mass is 547 g/mol. The number of hydrogen-bond donors (Lipinski definition) is 1. The van der Waals surface area contributed by atoms with Gasteiger partial charge >= 0.3 is 0 Å². The first kappa shape index (κ1) is 22.6. The highest BCUT2D eigenvalue weighted by molar-refractivity contribution is 9.10. The number of ketones is 2. The van der Waals surface area contributed by atoms with E-state index in [1.54, 1.807) is 54.6 Å². The Kier molecular flexibility index (Phi) is 6.13. The molecule has 7 heteroatoms. The van der Waals surface area contributed by atoms with Crippen molar-refractivity contribution in [1.82, 2.24) is 0 Å². The minimum atomic E-state index is -0.402. The Morgan fingerprint density at radius 3 is 2.24 bits per heavy atom. The van der Waals surface area contributed by atoms with Crippen molar-refractivity contribution >= 4 is 62.5 Å². The molecule has 0 spiro atoms. The summed E-state index contributed by atoms with van der Waals surface area (Å²) in [7, 11) is 0. The second-order valence-electron chi connectivity index (χ2n) is 7.56. The minimum Gasteiger partial charge on any atom is -0.321 e. The zero-order valence-electron chi connectivity index (χ0n) is 17.5. The number of nitrogens with one attached hydrogen (secondary N) is 1. The van der Waals surface area contributed by atoms with Crippen LogP contribution in [0.5, 0.6) is 0 Å². The highest BCUT2D eigenvalue weighted by atomic mass is 79.9. The fraction of sp³-hybridized carbons (Fsp3) is 0. The number of carbonyl (C=O) groups excluding carboxylic acids is 3. The van der Waals surface area contributed by atoms with Crippen LogP contribution in [0.2, 0.25) is 5.02 Å². The number of benzene rings is 4. The third-order valence-electron chi connectivity index (χ3n) is 5.43. The van der Waals surface area contributed by atoms with Crippen LogP contribution >= 0.6 is 39.3 Å². The molecule has 4 aromatic carbocycles. The minimum absolute atomic E-state index is 0.188. The van der Waals surface area contributed by atoms with E-state index >= 15 is 0 Å². The van der Waals surface area contributed by atoms with Gasteiger partial charge in [0.1, 0.15) is 0 Å². The average Bonchev–Trinajstić information content (AvgIpc) is 2.84. The molecule has 0 bridgehead atoms. The van der Waals surface area contributed by atoms with Crippen molar-refractivity contribution in [2.45, 2.75) is 9.79 Å². The van der Waals surface area contributed by atoms with Crippen molar-refractivity contribution in [3.8, 4) is 0 Å². The molecule has 0 atom stereocenters. The second kappa shape index (κ2) is 9.22. The van der Waals surface area contributed by atoms with E-state index in [4.69, 9.17) is 11.6 Å². The van der Waals surface area contributed by atoms with Gasteiger partial charge in [-0.25, -0.2) is 0 Å². The quantitative estimate of drug-likeness (QED) is 0.256. The summed E-state index contributed by atoms with van der Waals surface area (Å²) in [6, 6.07) is 24.6. The average molecular weight is 549 g/mol. The van der Waals surface area contributed by atoms with Gasteiger partial charge in [0.15, 0.2) is 11.6 Å². The lowest BCUT2D eigenvalue weighted by Gasteiger charge is -2.23. The van der Waals surface area contributed by atoms with Crippen LogP contribution in [-0.4, -0.2) is 17.5 Å². The van der Waals surface area contributed by atoms with E-state index in [9.17, 15) is 14.4 Å². The van der Waals surface area contributed by atoms with Gasteiger partial charge in [-0.1, -0.05) is 69.6 Å². The standard InChI is InChI=1S/C27H15BrClNO3S/c28-19-8-4-7-18-22(19)26(32)23-20(30-27(33)15-9-11-16(29)12-10-15)13-14-21(24(23)25(18)31)34-17-5-2-1-3-6-17/h1-14H,(H,30,33). The summed E-state index contributed by atoms with van der Waals surface area (Å²) in [5, 5.41) is 3.33. The lowest BCUT2D eigenvalue weighted by Crippen LogP contribution is -2.25. The molecule has 0 aliphatic heterocycles. The van der Waals surface area contributed by atoms with E-state index in [-0.39, 0.29) is 22.8 Å². The van der Waals surface area contributed by atoms with Gasteiger partial charge in [-0.05, 0) is 54.6 Å². The first-order valence-corrected chi connectivity index (χ1v) is 12.3. The Morgan fingerprint density at radius 2 is 1.50 bits per heavy atom. The van der Waals surface area contributed by atoms with E-state index in [2.05, 4.69) is 21.2 Å². The molecule has 1 aliphatic carbocycles. The molecule has 0 radical (unpaired) electrons. The first-order valence-electron chi connectivity index (χ1n) is 10.3. The van der Waals surface area contributed by atoms with E-state index in [1.807, 2.05) is 30.3 Å². The van der Waals surface area contributed by atoms with Gasteiger partial charge in [-0.15, -0.1) is 0 Å². The number of fused-ring (bicyclic) bond motifs is 2. The molecule has 34 heavy (non-hydrogen) atoms. The second-order valence-corrected chi connectivity index (χ2v) is 9.96. The number of anilines is 1. The molecular weight excluding hydrogens is 534 g/mol. The number of halogens is 2. The van der Waals surface area contributed by atoms with E-state index in [1.165, 1.54) is 11.8 Å². The Balaban J connectivity index is 1.65. The maximum absolute atomic E-state index is 13.7. The van der Waals surface area contributed by atoms with E-state index in [0.29, 0.717) is 36.6 Å². The highest BCUT2D eigenvalue weighted by Crippen LogP contribution is 2.41. The van der Waals surface area contributed by atoms with Crippen LogP contribution in [0.1, 0.15) is 42.2 Å². The first-order chi connectivity index (χ1) is 16.4. The number of rotatable bonds is 4. The molecule has 0 heterocycles. The van der Waals surface area contributed by atoms with Crippen molar-refractivity contribution in [1.29, 1.82) is 0 Å². The summed E-state index contributed by atoms with van der Waals surface area (Å²) in [5.41, 5.74) is 1.78. The molecule has 1 amide bonds. The fourth-order valence-electron chi connectivity index (χ4n) is 3.85. The van der Waals surface area contributed by atoms with Crippen LogP contribution in [0.4, 0.5) is 5.69 Å². The maximum Gasteiger partial charge on any atom is 0.255 e. The normalized spacial score (nSPS) is 12.2. The van der Waals surface area contributed by atoms with Crippen molar-refractivity contribution in [2.24, 2.45) is 0 Å². The predicted octanol–water partition coefficient (Wildman–Crippen LogP) is 7.28. The van der Waals surface area contributed by atoms with Crippen LogP contribution in [0.3, 0.4) is 0 Å². The molecule has 0 aromatic heterocycles. The molecule has 1 aliphatic rings. The molecule has 166 valence electrons. The molecule has 0 unspecified atom stereocenters. The van der Waals surface area contributed by atoms with Crippen LogP contribution in [0, 0.1) is 0 Å². The molecule has 5 rings (SSSR count). The van der Waals surface area contributed by atoms with Gasteiger partial charge in [-0.2, -0.15) is 0 Å². The molecule has 0 saturated heterocycles. The van der Waals surface area contributed by atoms with Crippen molar-refractivity contribution in [3.05, 3.63) is 122 Å². The van der Waals surface area contributed by atoms with E-state index in [0.717, 1.165) is 4.90 Å². The Hall–Kier alpha value is -3.19. The summed E-state index contributed by atoms with van der Waals surface area (Å²) < 4.78 is 0.532. The van der Waals surface area contributed by atoms with Crippen LogP contribution < -0.4 is 5.32 Å². The van der Waals surface area contributed by atoms with Crippen molar-refractivity contribution in [3.63, 3.8) is 0 Å². The van der Waals surface area contributed by atoms with Gasteiger partial charge in [-0.3, -0.25) is 14.4 Å². The summed E-state index contributed by atoms with van der Waals surface area (Å²) >= 11 is 10.7. The van der Waals surface area contributed by atoms with Crippen LogP contribution in [-0.2, 0) is 0 Å². The Labute approximate surface area is 213 Å². The van der Waals surface area contributed by atoms with Gasteiger partial charge in [0, 0.05) is 41.5 Å². The Morgan fingerprint density at radius 1 is 0.765 bits per heavy atom. The summed E-state index contributed by atoms with van der Waals surface area (Å²) in [5.74, 6) is -0.980. The zero-order chi connectivity index (χ0) is 23.8. The fourth-order valence-corrected chi connectivity index (χ4v) is 5.50. The summed E-state index contributed by atoms with van der Waals surface area (Å²) in [4.78, 5) is 41.9. The lowest BCUT2D eigenvalue weighted by atomic mass is 9.83. The van der Waals surface area contributed by atoms with Crippen LogP contribution in [0.15, 0.2) is 99.2 Å². The summed E-state index contributed by atoms with van der Waals surface area (Å²) in [6.07, 6.45) is 0. The Bertz CT molecular complexity index is 1470. The largest absolute Gasteiger partial charge is 0.321 e. The van der Waals surface area contributed by atoms with Crippen molar-refractivity contribution < 1.29 is 14.4 Å². The molecule has 0 saturated carbocycles. The molecule has 4 nitrogen and oxygen atoms in total. The lowest BCUT2D eigenvalue weighted by molar-refractivity contribution is 0.0976. The molecular formula is C27H15BrClNO3S. The third kappa shape index (κ3) is 4.09. The molecule has 4 aromatic rings. The molecule has 0 fully saturated rings. The van der Waals surface area contributed by atoms with Crippen molar-refractivity contribution in [2.75, 3.05) is 5.32 Å².